The highest BCUT2D eigenvalue weighted by molar-refractivity contribution is 7.65. The van der Waals surface area contributed by atoms with Gasteiger partial charge >= 0.3 is 0 Å². The van der Waals surface area contributed by atoms with E-state index >= 15 is 0 Å². The molecular formula is C16H19P. The first-order valence-corrected chi connectivity index (χ1v) is 7.97. The molecule has 0 nitrogen and oxygen atoms in total. The fourth-order valence-electron chi connectivity index (χ4n) is 2.18. The van der Waals surface area contributed by atoms with Crippen molar-refractivity contribution in [2.75, 3.05) is 12.3 Å². The highest BCUT2D eigenvalue weighted by Crippen LogP contribution is 2.37. The zero-order valence-corrected chi connectivity index (χ0v) is 11.5. The molecular weight excluding hydrogens is 223 g/mol. The molecule has 0 fully saturated rings. The smallest absolute Gasteiger partial charge is 0.0107 e. The molecule has 0 saturated heterocycles. The van der Waals surface area contributed by atoms with Gasteiger partial charge in [-0.05, 0) is 28.8 Å². The molecule has 0 heterocycles. The van der Waals surface area contributed by atoms with Crippen LogP contribution in [0.5, 0.6) is 0 Å². The second kappa shape index (κ2) is 5.98. The molecule has 2 aromatic rings. The van der Waals surface area contributed by atoms with Crippen molar-refractivity contribution in [1.82, 2.24) is 0 Å². The van der Waals surface area contributed by atoms with Crippen LogP contribution in [0.4, 0.5) is 0 Å². The van der Waals surface area contributed by atoms with E-state index < -0.39 is 0 Å². The molecule has 1 heteroatoms. The lowest BCUT2D eigenvalue weighted by atomic mass is 10.1. The van der Waals surface area contributed by atoms with Crippen LogP contribution in [0.15, 0.2) is 54.6 Å². The van der Waals surface area contributed by atoms with Crippen molar-refractivity contribution in [1.29, 1.82) is 0 Å². The molecule has 0 radical (unpaired) electrons. The largest absolute Gasteiger partial charge is 0.0752 e. The van der Waals surface area contributed by atoms with Crippen LogP contribution >= 0.6 is 7.92 Å². The van der Waals surface area contributed by atoms with Crippen LogP contribution in [0, 0.1) is 0 Å². The van der Waals surface area contributed by atoms with Gasteiger partial charge in [0.05, 0.1) is 0 Å². The van der Waals surface area contributed by atoms with Crippen molar-refractivity contribution in [3.05, 3.63) is 54.6 Å². The molecule has 0 amide bonds. The van der Waals surface area contributed by atoms with Gasteiger partial charge in [0.25, 0.3) is 0 Å². The Morgan fingerprint density at radius 3 is 2.00 bits per heavy atom. The van der Waals surface area contributed by atoms with E-state index in [1.165, 1.54) is 23.5 Å². The summed E-state index contributed by atoms with van der Waals surface area (Å²) in [5.74, 6) is 0. The summed E-state index contributed by atoms with van der Waals surface area (Å²) in [6, 6.07) is 19.6. The Morgan fingerprint density at radius 1 is 0.765 bits per heavy atom. The maximum atomic E-state index is 2.31. The average molecular weight is 242 g/mol. The van der Waals surface area contributed by atoms with Crippen molar-refractivity contribution in [2.45, 2.75) is 13.8 Å². The molecule has 2 rings (SSSR count). The first-order chi connectivity index (χ1) is 8.36. The number of hydrogen-bond donors (Lipinski definition) is 0. The minimum Gasteiger partial charge on any atom is -0.0752 e. The molecule has 0 aliphatic rings. The van der Waals surface area contributed by atoms with Crippen LogP contribution in [-0.4, -0.2) is 12.3 Å². The van der Waals surface area contributed by atoms with E-state index in [4.69, 9.17) is 0 Å². The van der Waals surface area contributed by atoms with Crippen molar-refractivity contribution < 1.29 is 0 Å². The SMILES string of the molecule is CCP(CC)c1ccccc1-c1ccccc1. The Morgan fingerprint density at radius 2 is 1.35 bits per heavy atom. The van der Waals surface area contributed by atoms with E-state index in [-0.39, 0.29) is 7.92 Å². The van der Waals surface area contributed by atoms with Crippen LogP contribution in [0.25, 0.3) is 11.1 Å². The van der Waals surface area contributed by atoms with Gasteiger partial charge in [0, 0.05) is 0 Å². The van der Waals surface area contributed by atoms with Gasteiger partial charge < -0.3 is 0 Å². The van der Waals surface area contributed by atoms with Gasteiger partial charge in [-0.25, -0.2) is 0 Å². The predicted molar refractivity (Wildman–Crippen MR) is 79.5 cm³/mol. The summed E-state index contributed by atoms with van der Waals surface area (Å²) >= 11 is 0. The molecule has 0 atom stereocenters. The molecule has 17 heavy (non-hydrogen) atoms. The first kappa shape index (κ1) is 12.3. The normalized spacial score (nSPS) is 10.8. The van der Waals surface area contributed by atoms with Crippen LogP contribution in [0.3, 0.4) is 0 Å². The average Bonchev–Trinajstić information content (AvgIpc) is 2.42. The molecule has 0 aromatic heterocycles. The maximum Gasteiger partial charge on any atom is -0.0107 e. The Hall–Kier alpha value is -1.13. The summed E-state index contributed by atoms with van der Waals surface area (Å²) in [6.07, 6.45) is 2.55. The van der Waals surface area contributed by atoms with Crippen molar-refractivity contribution in [3.63, 3.8) is 0 Å². The van der Waals surface area contributed by atoms with Gasteiger partial charge in [-0.15, -0.1) is 0 Å². The van der Waals surface area contributed by atoms with E-state index in [2.05, 4.69) is 68.4 Å². The fraction of sp³-hybridized carbons (Fsp3) is 0.250. The minimum absolute atomic E-state index is 0.00425. The molecule has 0 unspecified atom stereocenters. The summed E-state index contributed by atoms with van der Waals surface area (Å²) < 4.78 is 0. The summed E-state index contributed by atoms with van der Waals surface area (Å²) in [6.45, 7) is 4.61. The van der Waals surface area contributed by atoms with Gasteiger partial charge in [-0.3, -0.25) is 0 Å². The highest BCUT2D eigenvalue weighted by Gasteiger charge is 2.11. The molecule has 2 aromatic carbocycles. The predicted octanol–water partition coefficient (Wildman–Crippen LogP) is 4.50. The maximum absolute atomic E-state index is 2.31. The van der Waals surface area contributed by atoms with E-state index in [9.17, 15) is 0 Å². The van der Waals surface area contributed by atoms with Crippen LogP contribution < -0.4 is 5.30 Å². The first-order valence-electron chi connectivity index (χ1n) is 6.26. The lowest BCUT2D eigenvalue weighted by Crippen LogP contribution is -2.07. The Kier molecular flexibility index (Phi) is 4.34. The second-order valence-electron chi connectivity index (χ2n) is 4.06. The number of rotatable bonds is 4. The summed E-state index contributed by atoms with van der Waals surface area (Å²) in [5, 5.41) is 1.55. The van der Waals surface area contributed by atoms with Gasteiger partial charge in [-0.2, -0.15) is 0 Å². The third-order valence-electron chi connectivity index (χ3n) is 3.09. The topological polar surface area (TPSA) is 0 Å². The van der Waals surface area contributed by atoms with Crippen molar-refractivity contribution in [3.8, 4) is 11.1 Å². The van der Waals surface area contributed by atoms with Crippen LogP contribution in [-0.2, 0) is 0 Å². The lowest BCUT2D eigenvalue weighted by molar-refractivity contribution is 1.42. The van der Waals surface area contributed by atoms with Gasteiger partial charge in [0.1, 0.15) is 0 Å². The van der Waals surface area contributed by atoms with Crippen LogP contribution in [0.1, 0.15) is 13.8 Å². The van der Waals surface area contributed by atoms with Crippen LogP contribution in [0.2, 0.25) is 0 Å². The molecule has 0 N–H and O–H groups in total. The third-order valence-corrected chi connectivity index (χ3v) is 5.69. The Labute approximate surface area is 105 Å². The van der Waals surface area contributed by atoms with E-state index in [1.807, 2.05) is 0 Å². The highest BCUT2D eigenvalue weighted by atomic mass is 31.1. The quantitative estimate of drug-likeness (QED) is 0.692. The van der Waals surface area contributed by atoms with E-state index in [1.54, 1.807) is 5.30 Å². The fourth-order valence-corrected chi connectivity index (χ4v) is 4.15. The van der Waals surface area contributed by atoms with Gasteiger partial charge in [0.2, 0.25) is 0 Å². The van der Waals surface area contributed by atoms with Gasteiger partial charge in [0.15, 0.2) is 0 Å². The molecule has 0 bridgehead atoms. The van der Waals surface area contributed by atoms with Crippen molar-refractivity contribution >= 4 is 13.2 Å². The second-order valence-corrected chi connectivity index (χ2v) is 6.88. The van der Waals surface area contributed by atoms with E-state index in [0.29, 0.717) is 0 Å². The van der Waals surface area contributed by atoms with E-state index in [0.717, 1.165) is 0 Å². The summed E-state index contributed by atoms with van der Waals surface area (Å²) in [5.41, 5.74) is 2.76. The number of benzene rings is 2. The Balaban J connectivity index is 2.48. The third kappa shape index (κ3) is 2.76. The van der Waals surface area contributed by atoms with Crippen molar-refractivity contribution in [2.24, 2.45) is 0 Å². The lowest BCUT2D eigenvalue weighted by Gasteiger charge is -2.18. The van der Waals surface area contributed by atoms with Gasteiger partial charge in [-0.1, -0.05) is 76.4 Å². The molecule has 0 aliphatic heterocycles. The zero-order chi connectivity index (χ0) is 12.1. The molecule has 0 saturated carbocycles. The molecule has 88 valence electrons. The molecule has 0 spiro atoms. The zero-order valence-electron chi connectivity index (χ0n) is 10.6. The Bertz CT molecular complexity index is 458. The monoisotopic (exact) mass is 242 g/mol. The number of hydrogen-bond acceptors (Lipinski definition) is 0. The standard InChI is InChI=1S/C16H19P/c1-3-17(4-2)16-13-9-8-12-15(16)14-10-6-5-7-11-14/h5-13H,3-4H2,1-2H3. The molecule has 0 aliphatic carbocycles. The summed E-state index contributed by atoms with van der Waals surface area (Å²) in [4.78, 5) is 0. The minimum atomic E-state index is 0.00425. The summed E-state index contributed by atoms with van der Waals surface area (Å²) in [7, 11) is 0.00425.